The molecule has 0 aliphatic rings. The molecule has 0 radical (unpaired) electrons. The van der Waals surface area contributed by atoms with Crippen LogP contribution in [0.25, 0.3) is 11.3 Å². The van der Waals surface area contributed by atoms with E-state index in [1.54, 1.807) is 0 Å². The number of aromatic hydroxyl groups is 1. The predicted molar refractivity (Wildman–Crippen MR) is 55.7 cm³/mol. The quantitative estimate of drug-likeness (QED) is 0.827. The molecule has 7 heteroatoms. The van der Waals surface area contributed by atoms with Crippen molar-refractivity contribution < 1.29 is 18.3 Å². The highest BCUT2D eigenvalue weighted by atomic mass is 35.5. The van der Waals surface area contributed by atoms with Gasteiger partial charge >= 0.3 is 6.18 Å². The molecule has 3 nitrogen and oxygen atoms in total. The zero-order valence-electron chi connectivity index (χ0n) is 8.22. The van der Waals surface area contributed by atoms with E-state index in [-0.39, 0.29) is 17.0 Å². The fourth-order valence-electron chi connectivity index (χ4n) is 1.32. The van der Waals surface area contributed by atoms with Gasteiger partial charge in [0.25, 0.3) is 0 Å². The molecule has 0 atom stereocenters. The van der Waals surface area contributed by atoms with E-state index in [1.165, 1.54) is 18.2 Å². The Hall–Kier alpha value is -1.69. The van der Waals surface area contributed by atoms with Crippen LogP contribution in [0, 0.1) is 0 Å². The van der Waals surface area contributed by atoms with Crippen molar-refractivity contribution in [3.05, 3.63) is 35.0 Å². The molecule has 0 amide bonds. The molecular formula is C10H6ClF3N2O. The molecule has 90 valence electrons. The lowest BCUT2D eigenvalue weighted by molar-refractivity contribution is -0.141. The van der Waals surface area contributed by atoms with E-state index >= 15 is 0 Å². The summed E-state index contributed by atoms with van der Waals surface area (Å²) in [4.78, 5) is 0. The molecule has 0 aliphatic carbocycles. The van der Waals surface area contributed by atoms with Gasteiger partial charge in [0, 0.05) is 10.6 Å². The van der Waals surface area contributed by atoms with Crippen LogP contribution in [0.4, 0.5) is 13.2 Å². The van der Waals surface area contributed by atoms with E-state index in [0.29, 0.717) is 5.02 Å². The number of alkyl halides is 3. The molecule has 2 aromatic rings. The molecule has 0 saturated carbocycles. The summed E-state index contributed by atoms with van der Waals surface area (Å²) in [7, 11) is 0. The van der Waals surface area contributed by atoms with Crippen LogP contribution in [0.1, 0.15) is 5.69 Å². The fourth-order valence-corrected chi connectivity index (χ4v) is 1.49. The second-order valence-corrected chi connectivity index (χ2v) is 3.76. The first-order chi connectivity index (χ1) is 7.88. The third-order valence-corrected chi connectivity index (χ3v) is 2.35. The van der Waals surface area contributed by atoms with E-state index in [0.717, 1.165) is 6.07 Å². The lowest BCUT2D eigenvalue weighted by Gasteiger charge is -2.01. The minimum atomic E-state index is -4.50. The molecule has 0 fully saturated rings. The summed E-state index contributed by atoms with van der Waals surface area (Å²) in [5, 5.41) is 15.2. The zero-order valence-corrected chi connectivity index (χ0v) is 8.97. The van der Waals surface area contributed by atoms with Crippen LogP contribution in [0.2, 0.25) is 5.02 Å². The van der Waals surface area contributed by atoms with Crippen molar-refractivity contribution in [1.29, 1.82) is 0 Å². The molecule has 1 aromatic carbocycles. The van der Waals surface area contributed by atoms with Crippen molar-refractivity contribution in [2.75, 3.05) is 0 Å². The first kappa shape index (κ1) is 11.8. The Morgan fingerprint density at radius 1 is 1.24 bits per heavy atom. The van der Waals surface area contributed by atoms with Crippen molar-refractivity contribution in [3.8, 4) is 17.0 Å². The average molecular weight is 263 g/mol. The SMILES string of the molecule is Oc1ccc(Cl)cc1-c1cc(C(F)(F)F)[nH]n1. The Balaban J connectivity index is 2.47. The highest BCUT2D eigenvalue weighted by Crippen LogP contribution is 2.34. The number of phenolic OH excluding ortho intramolecular Hbond substituents is 1. The second kappa shape index (κ2) is 3.96. The minimum absolute atomic E-state index is 0.0164. The number of halogens is 4. The van der Waals surface area contributed by atoms with Crippen LogP contribution in [0.5, 0.6) is 5.75 Å². The fraction of sp³-hybridized carbons (Fsp3) is 0.100. The van der Waals surface area contributed by atoms with E-state index in [4.69, 9.17) is 11.6 Å². The molecule has 0 saturated heterocycles. The number of hydrogen-bond donors (Lipinski definition) is 2. The van der Waals surface area contributed by atoms with Crippen LogP contribution in [0.3, 0.4) is 0 Å². The number of aromatic nitrogens is 2. The molecule has 2 N–H and O–H groups in total. The van der Waals surface area contributed by atoms with Gasteiger partial charge in [-0.05, 0) is 24.3 Å². The number of rotatable bonds is 1. The summed E-state index contributed by atoms with van der Waals surface area (Å²) in [6.45, 7) is 0. The van der Waals surface area contributed by atoms with Crippen molar-refractivity contribution >= 4 is 11.6 Å². The minimum Gasteiger partial charge on any atom is -0.507 e. The number of phenols is 1. The highest BCUT2D eigenvalue weighted by Gasteiger charge is 2.33. The molecule has 0 bridgehead atoms. The van der Waals surface area contributed by atoms with Crippen molar-refractivity contribution in [3.63, 3.8) is 0 Å². The van der Waals surface area contributed by atoms with Gasteiger partial charge in [-0.1, -0.05) is 11.6 Å². The monoisotopic (exact) mass is 262 g/mol. The van der Waals surface area contributed by atoms with Crippen molar-refractivity contribution in [1.82, 2.24) is 10.2 Å². The van der Waals surface area contributed by atoms with Gasteiger partial charge in [0.05, 0.1) is 5.69 Å². The number of aromatic amines is 1. The zero-order chi connectivity index (χ0) is 12.6. The Bertz CT molecular complexity index is 551. The molecule has 1 heterocycles. The summed E-state index contributed by atoms with van der Waals surface area (Å²) >= 11 is 5.69. The lowest BCUT2D eigenvalue weighted by Crippen LogP contribution is -2.04. The lowest BCUT2D eigenvalue weighted by atomic mass is 10.1. The van der Waals surface area contributed by atoms with Crippen LogP contribution in [-0.4, -0.2) is 15.3 Å². The Morgan fingerprint density at radius 3 is 2.53 bits per heavy atom. The van der Waals surface area contributed by atoms with Crippen molar-refractivity contribution in [2.45, 2.75) is 6.18 Å². The maximum atomic E-state index is 12.3. The van der Waals surface area contributed by atoms with Crippen LogP contribution in [0.15, 0.2) is 24.3 Å². The molecule has 0 aliphatic heterocycles. The molecule has 2 rings (SSSR count). The Morgan fingerprint density at radius 2 is 1.94 bits per heavy atom. The summed E-state index contributed by atoms with van der Waals surface area (Å²) in [5.74, 6) is -0.186. The van der Waals surface area contributed by atoms with Crippen LogP contribution >= 0.6 is 11.6 Å². The Kier molecular flexibility index (Phi) is 2.74. The van der Waals surface area contributed by atoms with E-state index < -0.39 is 11.9 Å². The maximum Gasteiger partial charge on any atom is 0.432 e. The number of benzene rings is 1. The number of nitrogens with zero attached hydrogens (tertiary/aromatic N) is 1. The first-order valence-corrected chi connectivity index (χ1v) is 4.87. The van der Waals surface area contributed by atoms with Gasteiger partial charge in [0.1, 0.15) is 11.4 Å². The summed E-state index contributed by atoms with van der Waals surface area (Å²) in [5.41, 5.74) is -0.853. The van der Waals surface area contributed by atoms with Crippen LogP contribution < -0.4 is 0 Å². The van der Waals surface area contributed by atoms with Gasteiger partial charge in [0.2, 0.25) is 0 Å². The van der Waals surface area contributed by atoms with Gasteiger partial charge in [-0.2, -0.15) is 18.3 Å². The summed E-state index contributed by atoms with van der Waals surface area (Å²) < 4.78 is 37.0. The van der Waals surface area contributed by atoms with Gasteiger partial charge in [-0.3, -0.25) is 5.10 Å². The summed E-state index contributed by atoms with van der Waals surface area (Å²) in [6, 6.07) is 4.87. The van der Waals surface area contributed by atoms with E-state index in [1.807, 2.05) is 5.10 Å². The van der Waals surface area contributed by atoms with E-state index in [9.17, 15) is 18.3 Å². The van der Waals surface area contributed by atoms with Gasteiger partial charge in [0.15, 0.2) is 0 Å². The normalized spacial score (nSPS) is 11.8. The molecule has 1 aromatic heterocycles. The van der Waals surface area contributed by atoms with Gasteiger partial charge in [-0.25, -0.2) is 0 Å². The third kappa shape index (κ3) is 2.36. The highest BCUT2D eigenvalue weighted by molar-refractivity contribution is 6.30. The van der Waals surface area contributed by atoms with Crippen LogP contribution in [-0.2, 0) is 6.18 Å². The Labute approximate surface area is 98.8 Å². The first-order valence-electron chi connectivity index (χ1n) is 4.49. The standard InChI is InChI=1S/C10H6ClF3N2O/c11-5-1-2-8(17)6(3-5)7-4-9(16-15-7)10(12,13)14/h1-4,17H,(H,15,16). The van der Waals surface area contributed by atoms with Gasteiger partial charge < -0.3 is 5.11 Å². The maximum absolute atomic E-state index is 12.3. The number of nitrogens with one attached hydrogen (secondary N) is 1. The molecule has 17 heavy (non-hydrogen) atoms. The largest absolute Gasteiger partial charge is 0.507 e. The van der Waals surface area contributed by atoms with Crippen molar-refractivity contribution in [2.24, 2.45) is 0 Å². The van der Waals surface area contributed by atoms with Gasteiger partial charge in [-0.15, -0.1) is 0 Å². The summed E-state index contributed by atoms with van der Waals surface area (Å²) in [6.07, 6.45) is -4.50. The topological polar surface area (TPSA) is 48.9 Å². The second-order valence-electron chi connectivity index (χ2n) is 3.33. The average Bonchev–Trinajstić information content (AvgIpc) is 2.70. The van der Waals surface area contributed by atoms with E-state index in [2.05, 4.69) is 5.10 Å². The number of H-pyrrole nitrogens is 1. The third-order valence-electron chi connectivity index (χ3n) is 2.12. The number of hydrogen-bond acceptors (Lipinski definition) is 2. The predicted octanol–water partition coefficient (Wildman–Crippen LogP) is 3.45. The smallest absolute Gasteiger partial charge is 0.432 e. The molecule has 0 spiro atoms. The molecule has 0 unspecified atom stereocenters. The molecular weight excluding hydrogens is 257 g/mol.